The molecule has 1 aliphatic heterocycles. The minimum atomic E-state index is -0.636. The average Bonchev–Trinajstić information content (AvgIpc) is 3.07. The number of aromatic nitrogens is 1. The number of nitrogens with zero attached hydrogens (tertiary/aromatic N) is 2. The Bertz CT molecular complexity index is 1380. The van der Waals surface area contributed by atoms with Gasteiger partial charge < -0.3 is 9.32 Å². The molecule has 0 radical (unpaired) electrons. The van der Waals surface area contributed by atoms with Crippen molar-refractivity contribution in [2.75, 3.05) is 0 Å². The van der Waals surface area contributed by atoms with E-state index in [1.54, 1.807) is 23.4 Å². The van der Waals surface area contributed by atoms with Crippen LogP contribution in [0.25, 0.3) is 11.0 Å². The molecule has 1 aliphatic rings. The molecule has 0 saturated carbocycles. The van der Waals surface area contributed by atoms with Gasteiger partial charge in [-0.05, 0) is 46.9 Å². The lowest BCUT2D eigenvalue weighted by Crippen LogP contribution is -2.29. The zero-order valence-corrected chi connectivity index (χ0v) is 17.7. The van der Waals surface area contributed by atoms with Gasteiger partial charge in [-0.3, -0.25) is 14.6 Å². The van der Waals surface area contributed by atoms with Gasteiger partial charge in [0.1, 0.15) is 11.4 Å². The molecule has 1 unspecified atom stereocenters. The summed E-state index contributed by atoms with van der Waals surface area (Å²) in [4.78, 5) is 32.6. The van der Waals surface area contributed by atoms with Crippen molar-refractivity contribution >= 4 is 16.9 Å². The minimum Gasteiger partial charge on any atom is -0.450 e. The fourth-order valence-corrected chi connectivity index (χ4v) is 4.25. The molecular formula is C26H21FN2O3. The van der Waals surface area contributed by atoms with E-state index in [0.717, 1.165) is 22.8 Å². The molecule has 0 bridgehead atoms. The van der Waals surface area contributed by atoms with E-state index in [9.17, 15) is 14.0 Å². The quantitative estimate of drug-likeness (QED) is 0.448. The van der Waals surface area contributed by atoms with E-state index in [2.05, 4.69) is 18.8 Å². The molecule has 4 aromatic rings. The summed E-state index contributed by atoms with van der Waals surface area (Å²) < 4.78 is 19.7. The van der Waals surface area contributed by atoms with Crippen molar-refractivity contribution in [3.05, 3.63) is 111 Å². The number of halogens is 1. The highest BCUT2D eigenvalue weighted by atomic mass is 19.1. The van der Waals surface area contributed by atoms with E-state index >= 15 is 0 Å². The van der Waals surface area contributed by atoms with Gasteiger partial charge in [-0.25, -0.2) is 4.39 Å². The second-order valence-corrected chi connectivity index (χ2v) is 8.33. The van der Waals surface area contributed by atoms with Gasteiger partial charge in [0.2, 0.25) is 5.76 Å². The van der Waals surface area contributed by atoms with Crippen molar-refractivity contribution in [2.45, 2.75) is 32.4 Å². The van der Waals surface area contributed by atoms with Gasteiger partial charge in [0.05, 0.1) is 17.0 Å². The van der Waals surface area contributed by atoms with Crippen LogP contribution in [0.3, 0.4) is 0 Å². The molecule has 3 heterocycles. The van der Waals surface area contributed by atoms with Gasteiger partial charge in [-0.1, -0.05) is 44.2 Å². The van der Waals surface area contributed by atoms with Crippen LogP contribution in [0, 0.1) is 5.82 Å². The number of fused-ring (bicyclic) bond motifs is 2. The summed E-state index contributed by atoms with van der Waals surface area (Å²) in [5, 5.41) is 0.128. The Labute approximate surface area is 184 Å². The zero-order valence-electron chi connectivity index (χ0n) is 17.7. The molecule has 0 fully saturated rings. The molecule has 0 spiro atoms. The van der Waals surface area contributed by atoms with Crippen molar-refractivity contribution in [3.8, 4) is 0 Å². The summed E-state index contributed by atoms with van der Waals surface area (Å²) in [6, 6.07) is 14.7. The number of carbonyl (C=O) groups excluding carboxylic acids is 1. The third kappa shape index (κ3) is 3.28. The lowest BCUT2D eigenvalue weighted by molar-refractivity contribution is 0.0714. The molecule has 5 rings (SSSR count). The highest BCUT2D eigenvalue weighted by Gasteiger charge is 2.42. The van der Waals surface area contributed by atoms with Gasteiger partial charge >= 0.3 is 0 Å². The summed E-state index contributed by atoms with van der Waals surface area (Å²) in [5.74, 6) is -0.537. The molecule has 2 aromatic heterocycles. The number of pyridine rings is 1. The molecule has 0 N–H and O–H groups in total. The van der Waals surface area contributed by atoms with E-state index in [-0.39, 0.29) is 40.2 Å². The maximum Gasteiger partial charge on any atom is 0.291 e. The predicted molar refractivity (Wildman–Crippen MR) is 119 cm³/mol. The van der Waals surface area contributed by atoms with Crippen LogP contribution in [-0.4, -0.2) is 15.8 Å². The molecule has 1 atom stereocenters. The topological polar surface area (TPSA) is 63.4 Å². The molecule has 0 saturated heterocycles. The second-order valence-electron chi connectivity index (χ2n) is 8.33. The Kier molecular flexibility index (Phi) is 4.85. The summed E-state index contributed by atoms with van der Waals surface area (Å²) in [5.41, 5.74) is 2.84. The highest BCUT2D eigenvalue weighted by Crippen LogP contribution is 2.39. The third-order valence-corrected chi connectivity index (χ3v) is 5.92. The SMILES string of the molecule is CC(C)c1ccc(C2c3c(oc4ccc(F)cc4c3=O)C(=O)N2Cc2cccnc2)cc1. The average molecular weight is 428 g/mol. The van der Waals surface area contributed by atoms with Crippen LogP contribution >= 0.6 is 0 Å². The molecular weight excluding hydrogens is 407 g/mol. The number of rotatable bonds is 4. The van der Waals surface area contributed by atoms with Gasteiger partial charge in [-0.15, -0.1) is 0 Å². The van der Waals surface area contributed by atoms with Crippen molar-refractivity contribution in [1.82, 2.24) is 9.88 Å². The molecule has 6 heteroatoms. The van der Waals surface area contributed by atoms with Gasteiger partial charge in [0.25, 0.3) is 5.91 Å². The van der Waals surface area contributed by atoms with Crippen LogP contribution in [0.1, 0.15) is 58.6 Å². The standard InChI is InChI=1S/C26H21FN2O3/c1-15(2)17-5-7-18(8-6-17)23-22-24(30)20-12-19(27)9-10-21(20)32-25(22)26(31)29(23)14-16-4-3-11-28-13-16/h3-13,15,23H,14H2,1-2H3. The molecule has 2 aromatic carbocycles. The predicted octanol–water partition coefficient (Wildman–Crippen LogP) is 5.20. The summed E-state index contributed by atoms with van der Waals surface area (Å²) in [6.07, 6.45) is 3.36. The van der Waals surface area contributed by atoms with Gasteiger partial charge in [0, 0.05) is 18.9 Å². The number of hydrogen-bond acceptors (Lipinski definition) is 4. The maximum absolute atomic E-state index is 13.9. The van der Waals surface area contributed by atoms with E-state index in [1.807, 2.05) is 30.3 Å². The van der Waals surface area contributed by atoms with Crippen molar-refractivity contribution in [3.63, 3.8) is 0 Å². The fraction of sp³-hybridized carbons (Fsp3) is 0.192. The van der Waals surface area contributed by atoms with Crippen molar-refractivity contribution < 1.29 is 13.6 Å². The Morgan fingerprint density at radius 1 is 1.09 bits per heavy atom. The second kappa shape index (κ2) is 7.71. The summed E-state index contributed by atoms with van der Waals surface area (Å²) in [7, 11) is 0. The Hall–Kier alpha value is -3.80. The molecule has 5 nitrogen and oxygen atoms in total. The van der Waals surface area contributed by atoms with Crippen LogP contribution in [0.2, 0.25) is 0 Å². The molecule has 32 heavy (non-hydrogen) atoms. The number of benzene rings is 2. The fourth-order valence-electron chi connectivity index (χ4n) is 4.25. The van der Waals surface area contributed by atoms with Gasteiger partial charge in [-0.2, -0.15) is 0 Å². The first-order valence-corrected chi connectivity index (χ1v) is 10.5. The van der Waals surface area contributed by atoms with Crippen LogP contribution < -0.4 is 5.43 Å². The lowest BCUT2D eigenvalue weighted by atomic mass is 9.95. The van der Waals surface area contributed by atoms with Crippen molar-refractivity contribution in [1.29, 1.82) is 0 Å². The van der Waals surface area contributed by atoms with Crippen LogP contribution in [-0.2, 0) is 6.54 Å². The first kappa shape index (κ1) is 20.1. The minimum absolute atomic E-state index is 0.0101. The molecule has 160 valence electrons. The third-order valence-electron chi connectivity index (χ3n) is 5.92. The Morgan fingerprint density at radius 3 is 2.56 bits per heavy atom. The van der Waals surface area contributed by atoms with Crippen LogP contribution in [0.5, 0.6) is 0 Å². The van der Waals surface area contributed by atoms with Crippen LogP contribution in [0.15, 0.2) is 76.2 Å². The smallest absolute Gasteiger partial charge is 0.291 e. The van der Waals surface area contributed by atoms with Crippen molar-refractivity contribution in [2.24, 2.45) is 0 Å². The Morgan fingerprint density at radius 2 is 1.88 bits per heavy atom. The molecule has 0 aliphatic carbocycles. The van der Waals surface area contributed by atoms with Gasteiger partial charge in [0.15, 0.2) is 5.43 Å². The monoisotopic (exact) mass is 428 g/mol. The van der Waals surface area contributed by atoms with E-state index < -0.39 is 11.9 Å². The number of amides is 1. The van der Waals surface area contributed by atoms with E-state index in [1.165, 1.54) is 12.1 Å². The van der Waals surface area contributed by atoms with Crippen LogP contribution in [0.4, 0.5) is 4.39 Å². The first-order valence-electron chi connectivity index (χ1n) is 10.5. The largest absolute Gasteiger partial charge is 0.450 e. The lowest BCUT2D eigenvalue weighted by Gasteiger charge is -2.25. The normalized spacial score (nSPS) is 15.6. The zero-order chi connectivity index (χ0) is 22.4. The molecule has 1 amide bonds. The van der Waals surface area contributed by atoms with E-state index in [0.29, 0.717) is 5.92 Å². The number of carbonyl (C=O) groups is 1. The summed E-state index contributed by atoms with van der Waals surface area (Å²) >= 11 is 0. The number of hydrogen-bond donors (Lipinski definition) is 0. The first-order chi connectivity index (χ1) is 15.4. The van der Waals surface area contributed by atoms with E-state index in [4.69, 9.17) is 4.42 Å². The maximum atomic E-state index is 13.9. The Balaban J connectivity index is 1.71. The highest BCUT2D eigenvalue weighted by molar-refractivity contribution is 5.99. The summed E-state index contributed by atoms with van der Waals surface area (Å²) in [6.45, 7) is 4.47.